The van der Waals surface area contributed by atoms with Gasteiger partial charge in [0.1, 0.15) is 0 Å². The van der Waals surface area contributed by atoms with Crippen molar-refractivity contribution in [2.75, 3.05) is 0 Å². The van der Waals surface area contributed by atoms with Crippen molar-refractivity contribution in [1.29, 1.82) is 0 Å². The molecule has 0 saturated carbocycles. The lowest BCUT2D eigenvalue weighted by molar-refractivity contribution is -0.0824. The largest absolute Gasteiger partial charge is 0.421 e. The second kappa shape index (κ2) is 2.06. The predicted octanol–water partition coefficient (Wildman–Crippen LogP) is 2.00. The number of benzene rings is 1. The number of fused-ring (bicyclic) bond motifs is 1. The van der Waals surface area contributed by atoms with Crippen LogP contribution in [-0.4, -0.2) is 5.97 Å². The normalized spacial score (nSPS) is 26.7. The molecule has 0 amide bonds. The molecule has 0 aliphatic carbocycles. The summed E-state index contributed by atoms with van der Waals surface area (Å²) in [4.78, 5) is 11.0. The molecule has 12 heavy (non-hydrogen) atoms. The molecule has 62 valence electrons. The van der Waals surface area contributed by atoms with Gasteiger partial charge in [0.2, 0.25) is 0 Å². The highest BCUT2D eigenvalue weighted by atomic mass is 19.2. The second-order valence-electron chi connectivity index (χ2n) is 2.85. The summed E-state index contributed by atoms with van der Waals surface area (Å²) < 4.78 is 17.9. The Morgan fingerprint density at radius 3 is 2.75 bits per heavy atom. The summed E-state index contributed by atoms with van der Waals surface area (Å²) >= 11 is 0. The van der Waals surface area contributed by atoms with E-state index in [1.54, 1.807) is 24.3 Å². The molecule has 1 aliphatic rings. The molecule has 0 radical (unpaired) electrons. The van der Waals surface area contributed by atoms with Gasteiger partial charge in [0.15, 0.2) is 0 Å². The van der Waals surface area contributed by atoms with Crippen LogP contribution in [0, 0.1) is 0 Å². The third kappa shape index (κ3) is 0.826. The molecule has 2 rings (SSSR count). The van der Waals surface area contributed by atoms with Gasteiger partial charge in [-0.05, 0) is 6.07 Å². The van der Waals surface area contributed by atoms with Crippen molar-refractivity contribution in [3.8, 4) is 0 Å². The van der Waals surface area contributed by atoms with Crippen molar-refractivity contribution < 1.29 is 13.9 Å². The summed E-state index contributed by atoms with van der Waals surface area (Å²) in [6, 6.07) is 6.48. The Morgan fingerprint density at radius 1 is 1.42 bits per heavy atom. The number of cyclic esters (lactones) is 1. The van der Waals surface area contributed by atoms with E-state index in [0.717, 1.165) is 0 Å². The fraction of sp³-hybridized carbons (Fsp3) is 0.222. The SMILES string of the molecule is CC1(F)OC(=O)c2ccccc21. The van der Waals surface area contributed by atoms with Crippen LogP contribution < -0.4 is 0 Å². The summed E-state index contributed by atoms with van der Waals surface area (Å²) in [6.07, 6.45) is 0. The van der Waals surface area contributed by atoms with Crippen LogP contribution in [0.5, 0.6) is 0 Å². The average molecular weight is 166 g/mol. The third-order valence-corrected chi connectivity index (χ3v) is 1.91. The standard InChI is InChI=1S/C9H7FO2/c1-9(10)7-5-3-2-4-6(7)8(11)12-9/h2-5H,1H3. The third-order valence-electron chi connectivity index (χ3n) is 1.91. The molecule has 1 aromatic rings. The molecule has 0 spiro atoms. The van der Waals surface area contributed by atoms with Crippen molar-refractivity contribution in [2.24, 2.45) is 0 Å². The van der Waals surface area contributed by atoms with Crippen LogP contribution in [0.15, 0.2) is 24.3 Å². The van der Waals surface area contributed by atoms with Crippen LogP contribution in [0.25, 0.3) is 0 Å². The molecule has 0 N–H and O–H groups in total. The summed E-state index contributed by atoms with van der Waals surface area (Å²) in [6.45, 7) is 1.23. The van der Waals surface area contributed by atoms with Crippen LogP contribution in [0.3, 0.4) is 0 Å². The van der Waals surface area contributed by atoms with E-state index in [-0.39, 0.29) is 0 Å². The van der Waals surface area contributed by atoms with E-state index in [0.29, 0.717) is 11.1 Å². The van der Waals surface area contributed by atoms with Crippen LogP contribution >= 0.6 is 0 Å². The Kier molecular flexibility index (Phi) is 1.25. The first kappa shape index (κ1) is 7.28. The summed E-state index contributed by atoms with van der Waals surface area (Å²) in [7, 11) is 0. The molecule has 1 heterocycles. The van der Waals surface area contributed by atoms with Crippen molar-refractivity contribution in [1.82, 2.24) is 0 Å². The van der Waals surface area contributed by atoms with Gasteiger partial charge in [0.25, 0.3) is 5.85 Å². The zero-order valence-electron chi connectivity index (χ0n) is 6.50. The Morgan fingerprint density at radius 2 is 2.08 bits per heavy atom. The van der Waals surface area contributed by atoms with Gasteiger partial charge in [0, 0.05) is 12.5 Å². The maximum absolute atomic E-state index is 13.4. The highest BCUT2D eigenvalue weighted by Gasteiger charge is 2.41. The Balaban J connectivity index is 2.66. The summed E-state index contributed by atoms with van der Waals surface area (Å²) in [5, 5.41) is 0. The number of halogens is 1. The Bertz CT molecular complexity index is 344. The van der Waals surface area contributed by atoms with Gasteiger partial charge in [0.05, 0.1) is 5.56 Å². The topological polar surface area (TPSA) is 26.3 Å². The average Bonchev–Trinajstić information content (AvgIpc) is 2.25. The smallest absolute Gasteiger partial charge is 0.341 e. The minimum atomic E-state index is -1.95. The van der Waals surface area contributed by atoms with Gasteiger partial charge in [-0.15, -0.1) is 0 Å². The minimum absolute atomic E-state index is 0.315. The minimum Gasteiger partial charge on any atom is -0.421 e. The zero-order valence-corrected chi connectivity index (χ0v) is 6.50. The molecule has 3 heteroatoms. The van der Waals surface area contributed by atoms with Crippen molar-refractivity contribution >= 4 is 5.97 Å². The second-order valence-corrected chi connectivity index (χ2v) is 2.85. The summed E-state index contributed by atoms with van der Waals surface area (Å²) in [5.41, 5.74) is 0.637. The molecule has 1 aliphatic heterocycles. The van der Waals surface area contributed by atoms with E-state index >= 15 is 0 Å². The number of carbonyl (C=O) groups excluding carboxylic acids is 1. The summed E-state index contributed by atoms with van der Waals surface area (Å²) in [5.74, 6) is -2.54. The molecule has 0 saturated heterocycles. The fourth-order valence-electron chi connectivity index (χ4n) is 1.33. The first-order chi connectivity index (χ1) is 5.61. The lowest BCUT2D eigenvalue weighted by Gasteiger charge is -2.11. The van der Waals surface area contributed by atoms with Crippen LogP contribution in [0.4, 0.5) is 4.39 Å². The maximum atomic E-state index is 13.4. The van der Waals surface area contributed by atoms with Gasteiger partial charge in [-0.3, -0.25) is 0 Å². The maximum Gasteiger partial charge on any atom is 0.341 e. The van der Waals surface area contributed by atoms with Gasteiger partial charge in [-0.1, -0.05) is 18.2 Å². The highest BCUT2D eigenvalue weighted by molar-refractivity contribution is 5.94. The molecule has 0 bridgehead atoms. The van der Waals surface area contributed by atoms with E-state index in [9.17, 15) is 9.18 Å². The molecule has 1 unspecified atom stereocenters. The molecule has 1 atom stereocenters. The van der Waals surface area contributed by atoms with Gasteiger partial charge >= 0.3 is 5.97 Å². The van der Waals surface area contributed by atoms with Crippen molar-refractivity contribution in [3.05, 3.63) is 35.4 Å². The Hall–Kier alpha value is -1.38. The van der Waals surface area contributed by atoms with Crippen LogP contribution in [0.2, 0.25) is 0 Å². The van der Waals surface area contributed by atoms with E-state index < -0.39 is 11.8 Å². The highest BCUT2D eigenvalue weighted by Crippen LogP contribution is 2.36. The predicted molar refractivity (Wildman–Crippen MR) is 40.3 cm³/mol. The van der Waals surface area contributed by atoms with E-state index in [1.807, 2.05) is 0 Å². The number of esters is 1. The van der Waals surface area contributed by atoms with Crippen LogP contribution in [0.1, 0.15) is 22.8 Å². The van der Waals surface area contributed by atoms with Crippen molar-refractivity contribution in [2.45, 2.75) is 12.8 Å². The number of hydrogen-bond acceptors (Lipinski definition) is 2. The first-order valence-electron chi connectivity index (χ1n) is 3.63. The van der Waals surface area contributed by atoms with E-state index in [2.05, 4.69) is 4.74 Å². The molecule has 1 aromatic carbocycles. The van der Waals surface area contributed by atoms with E-state index in [1.165, 1.54) is 6.92 Å². The lowest BCUT2D eigenvalue weighted by atomic mass is 10.1. The molecule has 2 nitrogen and oxygen atoms in total. The number of carbonyl (C=O) groups is 1. The molecular formula is C9H7FO2. The van der Waals surface area contributed by atoms with E-state index in [4.69, 9.17) is 0 Å². The van der Waals surface area contributed by atoms with Gasteiger partial charge in [-0.25, -0.2) is 4.79 Å². The number of ether oxygens (including phenoxy) is 1. The van der Waals surface area contributed by atoms with Crippen molar-refractivity contribution in [3.63, 3.8) is 0 Å². The van der Waals surface area contributed by atoms with Gasteiger partial charge in [-0.2, -0.15) is 4.39 Å². The number of hydrogen-bond donors (Lipinski definition) is 0. The monoisotopic (exact) mass is 166 g/mol. The number of alkyl halides is 1. The lowest BCUT2D eigenvalue weighted by Crippen LogP contribution is -2.13. The first-order valence-corrected chi connectivity index (χ1v) is 3.63. The number of rotatable bonds is 0. The van der Waals surface area contributed by atoms with Gasteiger partial charge < -0.3 is 4.74 Å². The molecular weight excluding hydrogens is 159 g/mol. The zero-order chi connectivity index (χ0) is 8.77. The Labute approximate surface area is 69.0 Å². The fourth-order valence-corrected chi connectivity index (χ4v) is 1.33. The molecule has 0 aromatic heterocycles. The molecule has 0 fully saturated rings. The quantitative estimate of drug-likeness (QED) is 0.551. The van der Waals surface area contributed by atoms with Crippen LogP contribution in [-0.2, 0) is 10.6 Å².